The molecule has 1 heterocycles. The van der Waals surface area contributed by atoms with E-state index in [1.807, 2.05) is 0 Å². The van der Waals surface area contributed by atoms with Gasteiger partial charge in [-0.3, -0.25) is 30.0 Å². The molecule has 1 aromatic rings. The molecule has 0 radical (unpaired) electrons. The van der Waals surface area contributed by atoms with Crippen LogP contribution in [0.3, 0.4) is 0 Å². The van der Waals surface area contributed by atoms with Gasteiger partial charge in [0.2, 0.25) is 0 Å². The number of aliphatic imine (C=N–C) groups is 1. The molecule has 1 aromatic carbocycles. The third-order valence-electron chi connectivity index (χ3n) is 2.33. The molecule has 2 amide bonds. The highest BCUT2D eigenvalue weighted by Crippen LogP contribution is 2.17. The molecule has 0 saturated carbocycles. The van der Waals surface area contributed by atoms with Gasteiger partial charge in [0.1, 0.15) is 0 Å². The van der Waals surface area contributed by atoms with E-state index >= 15 is 0 Å². The Kier molecular flexibility index (Phi) is 4.31. The number of anilines is 1. The molecule has 0 spiro atoms. The third-order valence-corrected chi connectivity index (χ3v) is 3.22. The number of nitro groups is 1. The number of amidine groups is 1. The molecule has 1 aliphatic rings. The van der Waals surface area contributed by atoms with E-state index in [-0.39, 0.29) is 11.4 Å². The van der Waals surface area contributed by atoms with E-state index in [0.717, 1.165) is 5.75 Å². The van der Waals surface area contributed by atoms with Crippen molar-refractivity contribution in [1.82, 2.24) is 5.32 Å². The Labute approximate surface area is 117 Å². The number of rotatable bonds is 2. The maximum atomic E-state index is 11.6. The summed E-state index contributed by atoms with van der Waals surface area (Å²) in [5.41, 5.74) is 0.0132. The number of hydrogen-bond donors (Lipinski definition) is 2. The number of thioether (sulfide) groups is 1. The zero-order valence-corrected chi connectivity index (χ0v) is 11.0. The number of nitrogens with one attached hydrogen (secondary N) is 2. The number of hydrogen-bond acceptors (Lipinski definition) is 6. The number of nitro benzene ring substituents is 1. The standard InChI is InChI=1S/C11H10N4O4S/c16-9(10(17)14-11-12-4-5-20-11)13-7-2-1-3-8(6-7)15(18)19/h1-3,6H,4-5H2,(H,13,16)(H,12,14,17). The Morgan fingerprint density at radius 3 is 2.70 bits per heavy atom. The van der Waals surface area contributed by atoms with Crippen LogP contribution in [0.15, 0.2) is 29.3 Å². The number of amides is 2. The molecule has 0 unspecified atom stereocenters. The second-order valence-corrected chi connectivity index (χ2v) is 4.83. The molecule has 0 atom stereocenters. The Morgan fingerprint density at radius 1 is 1.30 bits per heavy atom. The van der Waals surface area contributed by atoms with Crippen LogP contribution < -0.4 is 10.6 Å². The van der Waals surface area contributed by atoms with E-state index < -0.39 is 16.7 Å². The Bertz CT molecular complexity index is 602. The quantitative estimate of drug-likeness (QED) is 0.474. The van der Waals surface area contributed by atoms with E-state index in [9.17, 15) is 19.7 Å². The van der Waals surface area contributed by atoms with Gasteiger partial charge in [0.25, 0.3) is 5.69 Å². The number of nitrogens with zero attached hydrogens (tertiary/aromatic N) is 2. The molecular weight excluding hydrogens is 284 g/mol. The van der Waals surface area contributed by atoms with Crippen LogP contribution in [0.5, 0.6) is 0 Å². The second kappa shape index (κ2) is 6.15. The van der Waals surface area contributed by atoms with Crippen molar-refractivity contribution in [3.8, 4) is 0 Å². The molecule has 2 rings (SSSR count). The van der Waals surface area contributed by atoms with Crippen molar-refractivity contribution in [3.05, 3.63) is 34.4 Å². The molecule has 0 bridgehead atoms. The summed E-state index contributed by atoms with van der Waals surface area (Å²) in [5.74, 6) is -0.993. The normalized spacial score (nSPS) is 13.5. The first-order valence-corrected chi connectivity index (χ1v) is 6.59. The van der Waals surface area contributed by atoms with E-state index in [1.54, 1.807) is 0 Å². The van der Waals surface area contributed by atoms with Gasteiger partial charge < -0.3 is 5.32 Å². The smallest absolute Gasteiger partial charge is 0.315 e. The topological polar surface area (TPSA) is 114 Å². The summed E-state index contributed by atoms with van der Waals surface area (Å²) in [5, 5.41) is 15.7. The molecule has 2 N–H and O–H groups in total. The molecule has 0 fully saturated rings. The van der Waals surface area contributed by atoms with Crippen LogP contribution in [0.1, 0.15) is 0 Å². The minimum Gasteiger partial charge on any atom is -0.318 e. The highest BCUT2D eigenvalue weighted by molar-refractivity contribution is 8.14. The van der Waals surface area contributed by atoms with Gasteiger partial charge in [-0.2, -0.15) is 0 Å². The summed E-state index contributed by atoms with van der Waals surface area (Å²) in [4.78, 5) is 37.2. The summed E-state index contributed by atoms with van der Waals surface area (Å²) in [6, 6.07) is 5.34. The molecule has 8 nitrogen and oxygen atoms in total. The lowest BCUT2D eigenvalue weighted by atomic mass is 10.3. The number of benzene rings is 1. The first-order valence-electron chi connectivity index (χ1n) is 5.60. The molecule has 20 heavy (non-hydrogen) atoms. The van der Waals surface area contributed by atoms with Crippen LogP contribution in [0.4, 0.5) is 11.4 Å². The summed E-state index contributed by atoms with van der Waals surface area (Å²) in [7, 11) is 0. The van der Waals surface area contributed by atoms with Crippen molar-refractivity contribution in [2.45, 2.75) is 0 Å². The van der Waals surface area contributed by atoms with Crippen molar-refractivity contribution in [3.63, 3.8) is 0 Å². The molecule has 1 aliphatic heterocycles. The van der Waals surface area contributed by atoms with E-state index in [0.29, 0.717) is 11.7 Å². The monoisotopic (exact) mass is 294 g/mol. The number of non-ortho nitro benzene ring substituents is 1. The van der Waals surface area contributed by atoms with Crippen molar-refractivity contribution in [1.29, 1.82) is 0 Å². The SMILES string of the molecule is O=C(NC1=NCCS1)C(=O)Nc1cccc([N+](=O)[O-])c1. The van der Waals surface area contributed by atoms with Crippen molar-refractivity contribution in [2.24, 2.45) is 4.99 Å². The molecule has 0 aromatic heterocycles. The first-order chi connectivity index (χ1) is 9.56. The summed E-state index contributed by atoms with van der Waals surface area (Å²) < 4.78 is 0. The van der Waals surface area contributed by atoms with Crippen molar-refractivity contribution >= 4 is 40.1 Å². The van der Waals surface area contributed by atoms with Crippen LogP contribution in [0.2, 0.25) is 0 Å². The lowest BCUT2D eigenvalue weighted by molar-refractivity contribution is -0.384. The van der Waals surface area contributed by atoms with Gasteiger partial charge in [0, 0.05) is 23.6 Å². The third kappa shape index (κ3) is 3.54. The minimum atomic E-state index is -0.902. The van der Waals surface area contributed by atoms with Crippen LogP contribution in [-0.4, -0.2) is 34.2 Å². The second-order valence-electron chi connectivity index (χ2n) is 3.75. The van der Waals surface area contributed by atoms with Gasteiger partial charge in [-0.25, -0.2) is 0 Å². The summed E-state index contributed by atoms with van der Waals surface area (Å²) >= 11 is 1.35. The largest absolute Gasteiger partial charge is 0.318 e. The lowest BCUT2D eigenvalue weighted by Crippen LogP contribution is -2.37. The Hall–Kier alpha value is -2.42. The highest BCUT2D eigenvalue weighted by atomic mass is 32.2. The predicted molar refractivity (Wildman–Crippen MR) is 74.6 cm³/mol. The predicted octanol–water partition coefficient (Wildman–Crippen LogP) is 0.752. The minimum absolute atomic E-state index is 0.168. The fraction of sp³-hybridized carbons (Fsp3) is 0.182. The Balaban J connectivity index is 1.98. The molecule has 0 aliphatic carbocycles. The van der Waals surface area contributed by atoms with E-state index in [1.165, 1.54) is 36.0 Å². The fourth-order valence-corrected chi connectivity index (χ4v) is 2.17. The average Bonchev–Trinajstić information content (AvgIpc) is 2.91. The van der Waals surface area contributed by atoms with Crippen molar-refractivity contribution < 1.29 is 14.5 Å². The van der Waals surface area contributed by atoms with Crippen LogP contribution in [-0.2, 0) is 9.59 Å². The molecule has 9 heteroatoms. The highest BCUT2D eigenvalue weighted by Gasteiger charge is 2.18. The average molecular weight is 294 g/mol. The van der Waals surface area contributed by atoms with Gasteiger partial charge in [-0.15, -0.1) is 0 Å². The zero-order valence-electron chi connectivity index (χ0n) is 10.2. The number of carbonyl (C=O) groups is 2. The lowest BCUT2D eigenvalue weighted by Gasteiger charge is -2.05. The zero-order chi connectivity index (χ0) is 14.5. The molecule has 104 valence electrons. The van der Waals surface area contributed by atoms with Crippen molar-refractivity contribution in [2.75, 3.05) is 17.6 Å². The molecular formula is C11H10N4O4S. The Morgan fingerprint density at radius 2 is 2.05 bits per heavy atom. The van der Waals surface area contributed by atoms with Gasteiger partial charge >= 0.3 is 11.8 Å². The van der Waals surface area contributed by atoms with Crippen LogP contribution in [0, 0.1) is 10.1 Å². The van der Waals surface area contributed by atoms with E-state index in [2.05, 4.69) is 15.6 Å². The molecule has 0 saturated heterocycles. The van der Waals surface area contributed by atoms with Crippen LogP contribution >= 0.6 is 11.8 Å². The van der Waals surface area contributed by atoms with Gasteiger partial charge in [-0.1, -0.05) is 17.8 Å². The maximum absolute atomic E-state index is 11.6. The van der Waals surface area contributed by atoms with Gasteiger partial charge in [0.05, 0.1) is 11.5 Å². The fourth-order valence-electron chi connectivity index (χ4n) is 1.45. The van der Waals surface area contributed by atoms with E-state index in [4.69, 9.17) is 0 Å². The van der Waals surface area contributed by atoms with Gasteiger partial charge in [0.15, 0.2) is 5.17 Å². The first kappa shape index (κ1) is 14.0. The van der Waals surface area contributed by atoms with Gasteiger partial charge in [-0.05, 0) is 6.07 Å². The summed E-state index contributed by atoms with van der Waals surface area (Å²) in [6.07, 6.45) is 0. The van der Waals surface area contributed by atoms with Crippen LogP contribution in [0.25, 0.3) is 0 Å². The summed E-state index contributed by atoms with van der Waals surface area (Å²) in [6.45, 7) is 0.604. The number of carbonyl (C=O) groups excluding carboxylic acids is 2. The maximum Gasteiger partial charge on any atom is 0.315 e.